The van der Waals surface area contributed by atoms with Crippen LogP contribution >= 0.6 is 0 Å². The van der Waals surface area contributed by atoms with E-state index in [0.29, 0.717) is 12.1 Å². The van der Waals surface area contributed by atoms with Gasteiger partial charge < -0.3 is 5.32 Å². The molecule has 2 aromatic rings. The molecule has 5 nitrogen and oxygen atoms in total. The molecule has 20 heavy (non-hydrogen) atoms. The Labute approximate surface area is 118 Å². The lowest BCUT2D eigenvalue weighted by molar-refractivity contribution is 0.597. The van der Waals surface area contributed by atoms with Crippen LogP contribution in [0, 0.1) is 13.8 Å². The summed E-state index contributed by atoms with van der Waals surface area (Å²) in [5.74, 6) is 0. The first-order valence-electron chi connectivity index (χ1n) is 6.16. The van der Waals surface area contributed by atoms with Gasteiger partial charge in [0.1, 0.15) is 0 Å². The van der Waals surface area contributed by atoms with E-state index in [4.69, 9.17) is 5.14 Å². The largest absolute Gasteiger partial charge is 0.379 e. The van der Waals surface area contributed by atoms with E-state index < -0.39 is 10.0 Å². The summed E-state index contributed by atoms with van der Waals surface area (Å²) >= 11 is 0. The zero-order valence-corrected chi connectivity index (χ0v) is 12.2. The van der Waals surface area contributed by atoms with Crippen molar-refractivity contribution in [1.29, 1.82) is 0 Å². The van der Waals surface area contributed by atoms with Crippen LogP contribution in [0.3, 0.4) is 0 Å². The van der Waals surface area contributed by atoms with Crippen LogP contribution in [-0.2, 0) is 16.6 Å². The van der Waals surface area contributed by atoms with Gasteiger partial charge in [-0.15, -0.1) is 0 Å². The van der Waals surface area contributed by atoms with Crippen LogP contribution in [-0.4, -0.2) is 13.4 Å². The number of nitrogens with one attached hydrogen (secondary N) is 1. The molecule has 0 unspecified atom stereocenters. The number of aryl methyl sites for hydroxylation is 1. The van der Waals surface area contributed by atoms with E-state index >= 15 is 0 Å². The van der Waals surface area contributed by atoms with E-state index in [1.165, 1.54) is 6.07 Å². The predicted octanol–water partition coefficient (Wildman–Crippen LogP) is 1.96. The molecular weight excluding hydrogens is 274 g/mol. The lowest BCUT2D eigenvalue weighted by Gasteiger charge is -2.12. The van der Waals surface area contributed by atoms with Gasteiger partial charge in [-0.05, 0) is 43.2 Å². The number of anilines is 1. The molecule has 1 heterocycles. The fourth-order valence-electron chi connectivity index (χ4n) is 1.90. The number of nitrogens with two attached hydrogens (primary N) is 1. The van der Waals surface area contributed by atoms with Crippen LogP contribution in [0.1, 0.15) is 16.8 Å². The topological polar surface area (TPSA) is 85.1 Å². The molecule has 0 aliphatic heterocycles. The maximum absolute atomic E-state index is 11.5. The Morgan fingerprint density at radius 2 is 1.95 bits per heavy atom. The first-order chi connectivity index (χ1) is 9.38. The number of rotatable bonds is 4. The Morgan fingerprint density at radius 1 is 1.20 bits per heavy atom. The highest BCUT2D eigenvalue weighted by atomic mass is 32.2. The lowest BCUT2D eigenvalue weighted by atomic mass is 10.2. The molecule has 0 fully saturated rings. The summed E-state index contributed by atoms with van der Waals surface area (Å²) in [6.45, 7) is 4.23. The maximum Gasteiger partial charge on any atom is 0.238 e. The lowest BCUT2D eigenvalue weighted by Crippen LogP contribution is -2.14. The van der Waals surface area contributed by atoms with Gasteiger partial charge in [0.2, 0.25) is 10.0 Å². The highest BCUT2D eigenvalue weighted by Crippen LogP contribution is 2.22. The molecule has 0 saturated heterocycles. The second-order valence-electron chi connectivity index (χ2n) is 4.65. The van der Waals surface area contributed by atoms with Crippen molar-refractivity contribution in [2.45, 2.75) is 25.3 Å². The van der Waals surface area contributed by atoms with Gasteiger partial charge in [0.15, 0.2) is 0 Å². The number of hydrogen-bond acceptors (Lipinski definition) is 4. The average Bonchev–Trinajstić information content (AvgIpc) is 2.38. The summed E-state index contributed by atoms with van der Waals surface area (Å²) in [5.41, 5.74) is 3.33. The van der Waals surface area contributed by atoms with Crippen molar-refractivity contribution in [1.82, 2.24) is 4.98 Å². The minimum absolute atomic E-state index is 0.138. The van der Waals surface area contributed by atoms with Crippen LogP contribution < -0.4 is 10.5 Å². The summed E-state index contributed by atoms with van der Waals surface area (Å²) in [6, 6.07) is 8.90. The number of sulfonamides is 1. The molecule has 0 atom stereocenters. The van der Waals surface area contributed by atoms with E-state index in [0.717, 1.165) is 16.9 Å². The van der Waals surface area contributed by atoms with Crippen LogP contribution in [0.5, 0.6) is 0 Å². The summed E-state index contributed by atoms with van der Waals surface area (Å²) in [4.78, 5) is 4.43. The molecule has 0 aliphatic rings. The number of benzene rings is 1. The van der Waals surface area contributed by atoms with Crippen molar-refractivity contribution < 1.29 is 8.42 Å². The smallest absolute Gasteiger partial charge is 0.238 e. The van der Waals surface area contributed by atoms with E-state index in [1.807, 2.05) is 25.1 Å². The predicted molar refractivity (Wildman–Crippen MR) is 78.9 cm³/mol. The number of hydrogen-bond donors (Lipinski definition) is 2. The molecule has 6 heteroatoms. The fourth-order valence-corrected chi connectivity index (χ4v) is 2.71. The van der Waals surface area contributed by atoms with Crippen LogP contribution in [0.25, 0.3) is 0 Å². The van der Waals surface area contributed by atoms with Crippen molar-refractivity contribution in [3.63, 3.8) is 0 Å². The summed E-state index contributed by atoms with van der Waals surface area (Å²) in [5, 5.41) is 8.36. The maximum atomic E-state index is 11.5. The van der Waals surface area contributed by atoms with Crippen molar-refractivity contribution in [3.8, 4) is 0 Å². The quantitative estimate of drug-likeness (QED) is 0.901. The summed E-state index contributed by atoms with van der Waals surface area (Å²) in [6.07, 6.45) is 1.80. The van der Waals surface area contributed by atoms with Gasteiger partial charge in [-0.25, -0.2) is 13.6 Å². The first-order valence-corrected chi connectivity index (χ1v) is 7.70. The molecule has 0 bridgehead atoms. The molecule has 3 N–H and O–H groups in total. The number of pyridine rings is 1. The number of primary sulfonamides is 1. The SMILES string of the molecule is Cc1ccc(CNc2cccc(S(N)(=O)=O)c2C)nc1. The normalized spacial score (nSPS) is 11.3. The monoisotopic (exact) mass is 291 g/mol. The first kappa shape index (κ1) is 14.5. The molecule has 0 aliphatic carbocycles. The third-order valence-corrected chi connectivity index (χ3v) is 4.08. The minimum Gasteiger partial charge on any atom is -0.379 e. The zero-order valence-electron chi connectivity index (χ0n) is 11.4. The van der Waals surface area contributed by atoms with Crippen LogP contribution in [0.15, 0.2) is 41.4 Å². The van der Waals surface area contributed by atoms with Crippen LogP contribution in [0.2, 0.25) is 0 Å². The third kappa shape index (κ3) is 3.34. The Balaban J connectivity index is 2.20. The van der Waals surface area contributed by atoms with E-state index in [1.54, 1.807) is 19.2 Å². The van der Waals surface area contributed by atoms with Gasteiger partial charge in [-0.3, -0.25) is 4.98 Å². The molecule has 1 aromatic carbocycles. The van der Waals surface area contributed by atoms with E-state index in [2.05, 4.69) is 10.3 Å². The van der Waals surface area contributed by atoms with Crippen molar-refractivity contribution in [2.24, 2.45) is 5.14 Å². The van der Waals surface area contributed by atoms with Crippen molar-refractivity contribution >= 4 is 15.7 Å². The van der Waals surface area contributed by atoms with Gasteiger partial charge in [-0.1, -0.05) is 12.1 Å². The van der Waals surface area contributed by atoms with Gasteiger partial charge in [0.25, 0.3) is 0 Å². The Hall–Kier alpha value is -1.92. The number of aromatic nitrogens is 1. The average molecular weight is 291 g/mol. The highest BCUT2D eigenvalue weighted by Gasteiger charge is 2.13. The molecular formula is C14H17N3O2S. The summed E-state index contributed by atoms with van der Waals surface area (Å²) in [7, 11) is -3.70. The molecule has 106 valence electrons. The van der Waals surface area contributed by atoms with Crippen molar-refractivity contribution in [2.75, 3.05) is 5.32 Å². The fraction of sp³-hybridized carbons (Fsp3) is 0.214. The highest BCUT2D eigenvalue weighted by molar-refractivity contribution is 7.89. The van der Waals surface area contributed by atoms with Gasteiger partial charge in [0, 0.05) is 11.9 Å². The molecule has 2 rings (SSSR count). The zero-order chi connectivity index (χ0) is 14.8. The third-order valence-electron chi connectivity index (χ3n) is 3.02. The molecule has 0 spiro atoms. The Kier molecular flexibility index (Phi) is 4.06. The molecule has 1 aromatic heterocycles. The van der Waals surface area contributed by atoms with Crippen LogP contribution in [0.4, 0.5) is 5.69 Å². The van der Waals surface area contributed by atoms with E-state index in [-0.39, 0.29) is 4.90 Å². The van der Waals surface area contributed by atoms with Crippen molar-refractivity contribution in [3.05, 3.63) is 53.3 Å². The molecule has 0 saturated carbocycles. The standard InChI is InChI=1S/C14H17N3O2S/c1-10-6-7-12(16-8-10)9-17-13-4-3-5-14(11(13)2)20(15,18)19/h3-8,17H,9H2,1-2H3,(H2,15,18,19). The summed E-state index contributed by atoms with van der Waals surface area (Å²) < 4.78 is 22.9. The van der Waals surface area contributed by atoms with Gasteiger partial charge in [-0.2, -0.15) is 0 Å². The Bertz CT molecular complexity index is 710. The Morgan fingerprint density at radius 3 is 2.55 bits per heavy atom. The van der Waals surface area contributed by atoms with Gasteiger partial charge in [0.05, 0.1) is 17.1 Å². The minimum atomic E-state index is -3.70. The second kappa shape index (κ2) is 5.60. The van der Waals surface area contributed by atoms with Gasteiger partial charge >= 0.3 is 0 Å². The second-order valence-corrected chi connectivity index (χ2v) is 6.18. The number of nitrogens with zero attached hydrogens (tertiary/aromatic N) is 1. The van der Waals surface area contributed by atoms with E-state index in [9.17, 15) is 8.42 Å². The molecule has 0 amide bonds. The molecule has 0 radical (unpaired) electrons.